The highest BCUT2D eigenvalue weighted by atomic mass is 19.1. The Labute approximate surface area is 200 Å². The molecule has 1 fully saturated rings. The third kappa shape index (κ3) is 6.79. The second-order valence-corrected chi connectivity index (χ2v) is 9.35. The zero-order valence-corrected chi connectivity index (χ0v) is 19.5. The van der Waals surface area contributed by atoms with Crippen LogP contribution < -0.4 is 16.0 Å². The Kier molecular flexibility index (Phi) is 7.44. The minimum atomic E-state index is -1.44. The van der Waals surface area contributed by atoms with Gasteiger partial charge in [-0.25, -0.2) is 9.18 Å². The average Bonchev–Trinajstić information content (AvgIpc) is 3.65. The summed E-state index contributed by atoms with van der Waals surface area (Å²) in [7, 11) is 0. The molecule has 0 spiro atoms. The second-order valence-electron chi connectivity index (χ2n) is 9.35. The van der Waals surface area contributed by atoms with Crippen LogP contribution in [-0.2, 0) is 0 Å². The highest BCUT2D eigenvalue weighted by Gasteiger charge is 2.23. The van der Waals surface area contributed by atoms with Gasteiger partial charge in [0.05, 0.1) is 11.6 Å². The van der Waals surface area contributed by atoms with Crippen LogP contribution in [0.1, 0.15) is 49.7 Å². The van der Waals surface area contributed by atoms with Crippen LogP contribution in [0.25, 0.3) is 11.1 Å². The van der Waals surface area contributed by atoms with Crippen LogP contribution >= 0.6 is 0 Å². The van der Waals surface area contributed by atoms with Crippen molar-refractivity contribution in [3.05, 3.63) is 83.6 Å². The van der Waals surface area contributed by atoms with Gasteiger partial charge in [-0.1, -0.05) is 42.5 Å². The molecule has 3 N–H and O–H groups in total. The van der Waals surface area contributed by atoms with Crippen molar-refractivity contribution in [1.82, 2.24) is 16.0 Å². The molecule has 6 heteroatoms. The Hall–Kier alpha value is -3.43. The molecule has 2 aliphatic carbocycles. The number of halogens is 1. The summed E-state index contributed by atoms with van der Waals surface area (Å²) in [5.74, 6) is 0.138. The maximum absolute atomic E-state index is 14.2. The number of alkyl halides is 1. The maximum Gasteiger partial charge on any atom is 0.319 e. The lowest BCUT2D eigenvalue weighted by Gasteiger charge is -2.21. The van der Waals surface area contributed by atoms with E-state index in [0.29, 0.717) is 30.3 Å². The SMILES string of the molecule is CC1(F)C=C(NC(=O)NCC(CCNC2CC2)c2ccc(-c3cccc(C#N)c3)cc2)C=CC1. The number of allylic oxidation sites excluding steroid dienone is 3. The first-order valence-corrected chi connectivity index (χ1v) is 11.9. The predicted molar refractivity (Wildman–Crippen MR) is 133 cm³/mol. The van der Waals surface area contributed by atoms with Crippen LogP contribution in [0.15, 0.2) is 72.5 Å². The van der Waals surface area contributed by atoms with Crippen LogP contribution in [0.2, 0.25) is 0 Å². The molecule has 2 aliphatic rings. The third-order valence-electron chi connectivity index (χ3n) is 6.25. The number of hydrogen-bond acceptors (Lipinski definition) is 3. The normalized spacial score (nSPS) is 20.2. The Morgan fingerprint density at radius 1 is 1.21 bits per heavy atom. The molecule has 0 aromatic heterocycles. The van der Waals surface area contributed by atoms with E-state index in [1.54, 1.807) is 18.2 Å². The Morgan fingerprint density at radius 3 is 2.71 bits per heavy atom. The largest absolute Gasteiger partial charge is 0.337 e. The molecule has 1 saturated carbocycles. The second kappa shape index (κ2) is 10.7. The fourth-order valence-electron chi connectivity index (χ4n) is 4.17. The lowest BCUT2D eigenvalue weighted by atomic mass is 9.93. The zero-order chi connectivity index (χ0) is 24.0. The molecule has 2 atom stereocenters. The molecule has 0 saturated heterocycles. The molecule has 0 radical (unpaired) electrons. The summed E-state index contributed by atoms with van der Waals surface area (Å²) in [6, 6.07) is 18.4. The minimum Gasteiger partial charge on any atom is -0.337 e. The van der Waals surface area contributed by atoms with Crippen LogP contribution in [0.3, 0.4) is 0 Å². The molecule has 2 unspecified atom stereocenters. The van der Waals surface area contributed by atoms with Gasteiger partial charge in [0.1, 0.15) is 5.67 Å². The van der Waals surface area contributed by atoms with Gasteiger partial charge in [0, 0.05) is 30.6 Å². The molecule has 2 amide bonds. The summed E-state index contributed by atoms with van der Waals surface area (Å²) in [5.41, 5.74) is 2.87. The van der Waals surface area contributed by atoms with E-state index in [-0.39, 0.29) is 11.9 Å². The zero-order valence-electron chi connectivity index (χ0n) is 19.5. The molecule has 34 heavy (non-hydrogen) atoms. The number of nitrogens with one attached hydrogen (secondary N) is 3. The number of nitrogens with zero attached hydrogens (tertiary/aromatic N) is 1. The number of carbonyl (C=O) groups excluding carboxylic acids is 1. The van der Waals surface area contributed by atoms with Crippen molar-refractivity contribution in [2.45, 2.75) is 50.2 Å². The van der Waals surface area contributed by atoms with Crippen LogP contribution in [0, 0.1) is 11.3 Å². The number of nitriles is 1. The molecular formula is C28H31FN4O. The van der Waals surface area contributed by atoms with Gasteiger partial charge in [-0.3, -0.25) is 0 Å². The number of benzene rings is 2. The van der Waals surface area contributed by atoms with E-state index in [2.05, 4.69) is 46.3 Å². The van der Waals surface area contributed by atoms with E-state index < -0.39 is 5.67 Å². The van der Waals surface area contributed by atoms with Crippen molar-refractivity contribution >= 4 is 6.03 Å². The fourth-order valence-corrected chi connectivity index (χ4v) is 4.17. The van der Waals surface area contributed by atoms with Gasteiger partial charge in [-0.15, -0.1) is 0 Å². The molecule has 0 aliphatic heterocycles. The summed E-state index contributed by atoms with van der Waals surface area (Å²) in [6.45, 7) is 2.86. The first kappa shape index (κ1) is 23.7. The molecule has 4 rings (SSSR count). The molecule has 0 bridgehead atoms. The van der Waals surface area contributed by atoms with Crippen molar-refractivity contribution in [3.8, 4) is 17.2 Å². The van der Waals surface area contributed by atoms with E-state index in [0.717, 1.165) is 29.7 Å². The standard InChI is InChI=1S/C28H31FN4O/c1-28(29)14-3-6-26(17-28)33-27(34)32-19-24(13-15-31-25-11-12-25)22-9-7-21(8-10-22)23-5-2-4-20(16-23)18-30/h2-10,16-17,24-25,31H,11-15,19H2,1H3,(H2,32,33,34). The Morgan fingerprint density at radius 2 is 2.00 bits per heavy atom. The fraction of sp³-hybridized carbons (Fsp3) is 0.357. The van der Waals surface area contributed by atoms with Crippen LogP contribution in [0.5, 0.6) is 0 Å². The molecule has 2 aromatic carbocycles. The number of hydrogen-bond donors (Lipinski definition) is 3. The molecular weight excluding hydrogens is 427 g/mol. The van der Waals surface area contributed by atoms with E-state index in [1.165, 1.54) is 25.8 Å². The van der Waals surface area contributed by atoms with E-state index >= 15 is 0 Å². The maximum atomic E-state index is 14.2. The smallest absolute Gasteiger partial charge is 0.319 e. The molecule has 176 valence electrons. The summed E-state index contributed by atoms with van der Waals surface area (Å²) in [4.78, 5) is 12.5. The lowest BCUT2D eigenvalue weighted by Crippen LogP contribution is -2.38. The van der Waals surface area contributed by atoms with E-state index in [9.17, 15) is 9.18 Å². The topological polar surface area (TPSA) is 77.0 Å². The van der Waals surface area contributed by atoms with Crippen molar-refractivity contribution in [1.29, 1.82) is 5.26 Å². The Bertz CT molecular complexity index is 1110. The van der Waals surface area contributed by atoms with E-state index in [4.69, 9.17) is 5.26 Å². The van der Waals surface area contributed by atoms with E-state index in [1.807, 2.05) is 18.2 Å². The van der Waals surface area contributed by atoms with Gasteiger partial charge >= 0.3 is 6.03 Å². The first-order valence-electron chi connectivity index (χ1n) is 11.9. The molecule has 5 nitrogen and oxygen atoms in total. The first-order chi connectivity index (χ1) is 16.4. The van der Waals surface area contributed by atoms with Gasteiger partial charge in [-0.05, 0) is 73.7 Å². The van der Waals surface area contributed by atoms with Gasteiger partial charge in [0.2, 0.25) is 0 Å². The van der Waals surface area contributed by atoms with Crippen LogP contribution in [-0.4, -0.2) is 30.8 Å². The summed E-state index contributed by atoms with van der Waals surface area (Å²) in [6.07, 6.45) is 8.59. The van der Waals surface area contributed by atoms with Gasteiger partial charge < -0.3 is 16.0 Å². The lowest BCUT2D eigenvalue weighted by molar-refractivity contribution is 0.240. The Balaban J connectivity index is 1.40. The van der Waals surface area contributed by atoms with Crippen LogP contribution in [0.4, 0.5) is 9.18 Å². The quantitative estimate of drug-likeness (QED) is 0.476. The van der Waals surface area contributed by atoms with Crippen molar-refractivity contribution < 1.29 is 9.18 Å². The number of urea groups is 1. The minimum absolute atomic E-state index is 0.138. The van der Waals surface area contributed by atoms with Crippen molar-refractivity contribution in [3.63, 3.8) is 0 Å². The summed E-state index contributed by atoms with van der Waals surface area (Å²) < 4.78 is 14.2. The van der Waals surface area contributed by atoms with Gasteiger partial charge in [0.15, 0.2) is 0 Å². The average molecular weight is 459 g/mol. The van der Waals surface area contributed by atoms with Crippen molar-refractivity contribution in [2.24, 2.45) is 0 Å². The highest BCUT2D eigenvalue weighted by Crippen LogP contribution is 2.26. The number of amides is 2. The third-order valence-corrected chi connectivity index (χ3v) is 6.25. The summed E-state index contributed by atoms with van der Waals surface area (Å²) in [5, 5.41) is 18.4. The number of carbonyl (C=O) groups is 1. The molecule has 0 heterocycles. The summed E-state index contributed by atoms with van der Waals surface area (Å²) >= 11 is 0. The monoisotopic (exact) mass is 458 g/mol. The predicted octanol–water partition coefficient (Wildman–Crippen LogP) is 5.32. The number of rotatable bonds is 9. The van der Waals surface area contributed by atoms with Crippen molar-refractivity contribution in [2.75, 3.05) is 13.1 Å². The van der Waals surface area contributed by atoms with Gasteiger partial charge in [0.25, 0.3) is 0 Å². The van der Waals surface area contributed by atoms with Gasteiger partial charge in [-0.2, -0.15) is 5.26 Å². The highest BCUT2D eigenvalue weighted by molar-refractivity contribution is 5.76. The molecule has 2 aromatic rings.